The lowest BCUT2D eigenvalue weighted by Crippen LogP contribution is -2.50. The van der Waals surface area contributed by atoms with Gasteiger partial charge in [0.25, 0.3) is 11.3 Å². The highest BCUT2D eigenvalue weighted by Crippen LogP contribution is 2.24. The minimum atomic E-state index is -0.315. The molecular formula is C18H21N7O2. The minimum absolute atomic E-state index is 0.0196. The van der Waals surface area contributed by atoms with Gasteiger partial charge in [0.05, 0.1) is 11.7 Å². The second-order valence-corrected chi connectivity index (χ2v) is 6.62. The molecule has 9 nitrogen and oxygen atoms in total. The van der Waals surface area contributed by atoms with E-state index in [2.05, 4.69) is 32.5 Å². The van der Waals surface area contributed by atoms with Gasteiger partial charge in [0.2, 0.25) is 11.9 Å². The first-order valence-corrected chi connectivity index (χ1v) is 8.88. The zero-order valence-corrected chi connectivity index (χ0v) is 15.0. The Hall–Kier alpha value is -3.20. The molecular weight excluding hydrogens is 346 g/mol. The first-order valence-electron chi connectivity index (χ1n) is 8.88. The Kier molecular flexibility index (Phi) is 4.36. The molecule has 4 rings (SSSR count). The van der Waals surface area contributed by atoms with Gasteiger partial charge in [-0.25, -0.2) is 4.98 Å². The first kappa shape index (κ1) is 17.2. The quantitative estimate of drug-likeness (QED) is 0.600. The van der Waals surface area contributed by atoms with Crippen LogP contribution in [0.3, 0.4) is 0 Å². The molecule has 0 radical (unpaired) electrons. The van der Waals surface area contributed by atoms with Crippen molar-refractivity contribution in [2.45, 2.75) is 32.5 Å². The van der Waals surface area contributed by atoms with E-state index in [0.29, 0.717) is 31.7 Å². The third-order valence-corrected chi connectivity index (χ3v) is 4.77. The van der Waals surface area contributed by atoms with E-state index in [-0.39, 0.29) is 29.2 Å². The summed E-state index contributed by atoms with van der Waals surface area (Å²) in [6.45, 7) is 3.46. The molecule has 0 saturated heterocycles. The average molecular weight is 367 g/mol. The van der Waals surface area contributed by atoms with Crippen molar-refractivity contribution in [2.24, 2.45) is 0 Å². The van der Waals surface area contributed by atoms with Gasteiger partial charge in [-0.3, -0.25) is 19.6 Å². The second kappa shape index (κ2) is 6.84. The molecule has 0 unspecified atom stereocenters. The Labute approximate surface area is 155 Å². The Balaban J connectivity index is 1.67. The molecule has 1 aliphatic heterocycles. The lowest BCUT2D eigenvalue weighted by atomic mass is 9.93. The van der Waals surface area contributed by atoms with Gasteiger partial charge in [-0.15, -0.1) is 0 Å². The standard InChI is InChI=1S/C18H21N7O2/c1-2-20-16(27)14-7-11-5-3-4-6-12(11)9-24(14)10-13-8-15(26)25-18(21-13)22-17(19)23-25/h3-6,8,14H,2,7,9-10H2,1H3,(H,20,27)(H3,19,21,22,23)/t14-/m1/s1. The number of aromatic nitrogens is 4. The van der Waals surface area contributed by atoms with E-state index in [9.17, 15) is 9.59 Å². The van der Waals surface area contributed by atoms with E-state index in [1.165, 1.54) is 21.7 Å². The van der Waals surface area contributed by atoms with Crippen LogP contribution in [-0.2, 0) is 24.3 Å². The molecule has 140 valence electrons. The summed E-state index contributed by atoms with van der Waals surface area (Å²) in [6, 6.07) is 9.23. The fourth-order valence-electron chi connectivity index (χ4n) is 3.53. The van der Waals surface area contributed by atoms with Crippen LogP contribution in [0.1, 0.15) is 23.7 Å². The number of hydrogen-bond donors (Lipinski definition) is 3. The minimum Gasteiger partial charge on any atom is -0.368 e. The highest BCUT2D eigenvalue weighted by Gasteiger charge is 2.31. The van der Waals surface area contributed by atoms with Gasteiger partial charge >= 0.3 is 0 Å². The van der Waals surface area contributed by atoms with E-state index in [0.717, 1.165) is 0 Å². The van der Waals surface area contributed by atoms with Gasteiger partial charge < -0.3 is 11.1 Å². The molecule has 0 spiro atoms. The summed E-state index contributed by atoms with van der Waals surface area (Å²) in [4.78, 5) is 35.4. The van der Waals surface area contributed by atoms with Gasteiger partial charge in [0.15, 0.2) is 0 Å². The molecule has 1 atom stereocenters. The second-order valence-electron chi connectivity index (χ2n) is 6.62. The molecule has 0 aliphatic carbocycles. The van der Waals surface area contributed by atoms with E-state index < -0.39 is 0 Å². The number of aromatic amines is 1. The fourth-order valence-corrected chi connectivity index (χ4v) is 3.53. The van der Waals surface area contributed by atoms with Crippen LogP contribution in [0, 0.1) is 0 Å². The Bertz CT molecular complexity index is 1060. The number of hydrogen-bond acceptors (Lipinski definition) is 6. The van der Waals surface area contributed by atoms with Crippen LogP contribution < -0.4 is 16.6 Å². The van der Waals surface area contributed by atoms with E-state index >= 15 is 0 Å². The van der Waals surface area contributed by atoms with E-state index in [1.54, 1.807) is 0 Å². The van der Waals surface area contributed by atoms with Crippen molar-refractivity contribution in [2.75, 3.05) is 12.3 Å². The van der Waals surface area contributed by atoms with Crippen LogP contribution in [0.25, 0.3) is 5.78 Å². The van der Waals surface area contributed by atoms with Crippen LogP contribution in [0.15, 0.2) is 35.1 Å². The lowest BCUT2D eigenvalue weighted by molar-refractivity contribution is -0.127. The van der Waals surface area contributed by atoms with Crippen LogP contribution in [0.4, 0.5) is 5.95 Å². The van der Waals surface area contributed by atoms with Crippen LogP contribution in [0.5, 0.6) is 0 Å². The van der Waals surface area contributed by atoms with Gasteiger partial charge in [-0.2, -0.15) is 9.50 Å². The molecule has 0 fully saturated rings. The molecule has 3 aromatic rings. The maximum absolute atomic E-state index is 12.6. The number of nitrogen functional groups attached to an aromatic ring is 1. The number of rotatable bonds is 4. The normalized spacial score (nSPS) is 17.0. The number of carbonyl (C=O) groups excluding carboxylic acids is 1. The van der Waals surface area contributed by atoms with Crippen molar-refractivity contribution >= 4 is 17.6 Å². The summed E-state index contributed by atoms with van der Waals surface area (Å²) < 4.78 is 1.20. The summed E-state index contributed by atoms with van der Waals surface area (Å²) >= 11 is 0. The molecule has 0 bridgehead atoms. The summed E-state index contributed by atoms with van der Waals surface area (Å²) in [5, 5.41) is 5.55. The summed E-state index contributed by atoms with van der Waals surface area (Å²) in [5.74, 6) is 0.333. The topological polar surface area (TPSA) is 121 Å². The zero-order valence-electron chi connectivity index (χ0n) is 15.0. The Morgan fingerprint density at radius 1 is 1.33 bits per heavy atom. The highest BCUT2D eigenvalue weighted by molar-refractivity contribution is 5.82. The Morgan fingerprint density at radius 2 is 2.11 bits per heavy atom. The third kappa shape index (κ3) is 3.28. The molecule has 2 aromatic heterocycles. The SMILES string of the molecule is CCNC(=O)[C@H]1Cc2ccccc2CN1Cc1cc(=O)n2[nH]c(N)nc2n1. The zero-order chi connectivity index (χ0) is 19.0. The average Bonchev–Trinajstić information content (AvgIpc) is 3.02. The maximum Gasteiger partial charge on any atom is 0.274 e. The van der Waals surface area contributed by atoms with Gasteiger partial charge in [-0.1, -0.05) is 24.3 Å². The van der Waals surface area contributed by atoms with Crippen molar-refractivity contribution in [3.63, 3.8) is 0 Å². The fraction of sp³-hybridized carbons (Fsp3) is 0.333. The maximum atomic E-state index is 12.6. The summed E-state index contributed by atoms with van der Waals surface area (Å²) in [5.41, 5.74) is 8.24. The number of anilines is 1. The number of likely N-dealkylation sites (N-methyl/N-ethyl adjacent to an activating group) is 1. The van der Waals surface area contributed by atoms with E-state index in [4.69, 9.17) is 5.73 Å². The number of carbonyl (C=O) groups is 1. The van der Waals surface area contributed by atoms with Gasteiger partial charge in [0, 0.05) is 25.7 Å². The molecule has 4 N–H and O–H groups in total. The van der Waals surface area contributed by atoms with E-state index in [1.807, 2.05) is 24.0 Å². The third-order valence-electron chi connectivity index (χ3n) is 4.77. The number of H-pyrrole nitrogens is 1. The van der Waals surface area contributed by atoms with Crippen LogP contribution in [-0.4, -0.2) is 43.0 Å². The number of amides is 1. The predicted octanol–water partition coefficient (Wildman–Crippen LogP) is 0.0628. The summed E-state index contributed by atoms with van der Waals surface area (Å²) in [7, 11) is 0. The van der Waals surface area contributed by atoms with Gasteiger partial charge in [-0.05, 0) is 24.5 Å². The lowest BCUT2D eigenvalue weighted by Gasteiger charge is -2.35. The molecule has 1 aromatic carbocycles. The summed E-state index contributed by atoms with van der Waals surface area (Å²) in [6.07, 6.45) is 0.624. The number of benzene rings is 1. The molecule has 3 heterocycles. The van der Waals surface area contributed by atoms with Crippen molar-refractivity contribution in [1.29, 1.82) is 0 Å². The molecule has 1 amide bonds. The van der Waals surface area contributed by atoms with Gasteiger partial charge in [0.1, 0.15) is 0 Å². The number of fused-ring (bicyclic) bond motifs is 2. The monoisotopic (exact) mass is 367 g/mol. The molecule has 9 heteroatoms. The van der Waals surface area contributed by atoms with Crippen LogP contribution >= 0.6 is 0 Å². The van der Waals surface area contributed by atoms with Crippen LogP contribution in [0.2, 0.25) is 0 Å². The number of nitrogens with one attached hydrogen (secondary N) is 2. The molecule has 0 saturated carbocycles. The molecule has 27 heavy (non-hydrogen) atoms. The smallest absolute Gasteiger partial charge is 0.274 e. The Morgan fingerprint density at radius 3 is 2.89 bits per heavy atom. The number of nitrogens with zero attached hydrogens (tertiary/aromatic N) is 4. The predicted molar refractivity (Wildman–Crippen MR) is 99.9 cm³/mol. The number of nitrogens with two attached hydrogens (primary N) is 1. The van der Waals surface area contributed by atoms with Crippen molar-refractivity contribution in [3.8, 4) is 0 Å². The highest BCUT2D eigenvalue weighted by atomic mass is 16.2. The van der Waals surface area contributed by atoms with Crippen molar-refractivity contribution < 1.29 is 4.79 Å². The molecule has 1 aliphatic rings. The van der Waals surface area contributed by atoms with Crippen molar-refractivity contribution in [1.82, 2.24) is 29.8 Å². The van der Waals surface area contributed by atoms with Crippen molar-refractivity contribution in [3.05, 3.63) is 57.5 Å². The largest absolute Gasteiger partial charge is 0.368 e. The first-order chi connectivity index (χ1) is 13.0.